The first-order valence-electron chi connectivity index (χ1n) is 10.3. The molecule has 2 atom stereocenters. The highest BCUT2D eigenvalue weighted by Crippen LogP contribution is 2.47. The largest absolute Gasteiger partial charge is 0.493 e. The standard InChI is InChI=1S/C23H24N4O4S/c1-12-5-6-32-22(12)20-19-15(26-23-24-11-25-27(20)23)7-13(8-16(19)28)14-9-17(29-2)21(31-4)18(10-14)30-3/h5-6,9-11,13,20H,7-8H2,1-4H3,(H,24,25,26). The zero-order valence-electron chi connectivity index (χ0n) is 18.3. The summed E-state index contributed by atoms with van der Waals surface area (Å²) in [6.45, 7) is 2.07. The van der Waals surface area contributed by atoms with E-state index in [0.717, 1.165) is 27.3 Å². The summed E-state index contributed by atoms with van der Waals surface area (Å²) in [5.74, 6) is 2.44. The van der Waals surface area contributed by atoms with E-state index in [1.807, 2.05) is 16.8 Å². The number of carbonyl (C=O) groups excluding carboxylic acids is 1. The van der Waals surface area contributed by atoms with Crippen molar-refractivity contribution in [2.75, 3.05) is 26.6 Å². The lowest BCUT2D eigenvalue weighted by atomic mass is 9.78. The van der Waals surface area contributed by atoms with Gasteiger partial charge in [-0.2, -0.15) is 10.1 Å². The molecule has 1 aliphatic heterocycles. The lowest BCUT2D eigenvalue weighted by molar-refractivity contribution is -0.116. The number of nitrogens with zero attached hydrogens (tertiary/aromatic N) is 3. The Bertz CT molecular complexity index is 1200. The first-order chi connectivity index (χ1) is 15.5. The van der Waals surface area contributed by atoms with Crippen molar-refractivity contribution in [3.63, 3.8) is 0 Å². The highest BCUT2D eigenvalue weighted by molar-refractivity contribution is 7.10. The number of nitrogens with one attached hydrogen (secondary N) is 1. The minimum Gasteiger partial charge on any atom is -0.493 e. The molecule has 8 nitrogen and oxygen atoms in total. The van der Waals surface area contributed by atoms with Gasteiger partial charge >= 0.3 is 0 Å². The number of methoxy groups -OCH3 is 3. The molecule has 1 aromatic carbocycles. The molecule has 2 aliphatic rings. The van der Waals surface area contributed by atoms with Crippen LogP contribution >= 0.6 is 11.3 Å². The third-order valence-corrected chi connectivity index (χ3v) is 7.24. The van der Waals surface area contributed by atoms with Crippen LogP contribution in [0.2, 0.25) is 0 Å². The molecule has 0 radical (unpaired) electrons. The number of aryl methyl sites for hydroxylation is 1. The smallest absolute Gasteiger partial charge is 0.226 e. The Morgan fingerprint density at radius 2 is 1.88 bits per heavy atom. The number of allylic oxidation sites excluding steroid dienone is 2. The number of hydrogen-bond donors (Lipinski definition) is 1. The van der Waals surface area contributed by atoms with Gasteiger partial charge in [0.25, 0.3) is 0 Å². The minimum absolute atomic E-state index is 0.0259. The van der Waals surface area contributed by atoms with Crippen LogP contribution in [-0.4, -0.2) is 41.9 Å². The maximum Gasteiger partial charge on any atom is 0.226 e. The fourth-order valence-corrected chi connectivity index (χ4v) is 5.65. The van der Waals surface area contributed by atoms with Gasteiger partial charge < -0.3 is 19.5 Å². The van der Waals surface area contributed by atoms with Gasteiger partial charge in [0.1, 0.15) is 12.4 Å². The molecule has 0 fully saturated rings. The number of benzene rings is 1. The molecule has 32 heavy (non-hydrogen) atoms. The van der Waals surface area contributed by atoms with Crippen molar-refractivity contribution in [3.05, 3.63) is 57.2 Å². The second-order valence-corrected chi connectivity index (χ2v) is 8.85. The van der Waals surface area contributed by atoms with Gasteiger partial charge in [0.2, 0.25) is 11.7 Å². The van der Waals surface area contributed by atoms with Crippen LogP contribution in [0.25, 0.3) is 0 Å². The summed E-state index contributed by atoms with van der Waals surface area (Å²) in [5, 5.41) is 9.84. The van der Waals surface area contributed by atoms with Gasteiger partial charge in [-0.05, 0) is 54.0 Å². The van der Waals surface area contributed by atoms with E-state index in [2.05, 4.69) is 33.8 Å². The Hall–Kier alpha value is -3.33. The van der Waals surface area contributed by atoms with Crippen molar-refractivity contribution >= 4 is 23.1 Å². The van der Waals surface area contributed by atoms with E-state index in [1.165, 1.54) is 6.33 Å². The first kappa shape index (κ1) is 20.6. The monoisotopic (exact) mass is 452 g/mol. The molecule has 0 amide bonds. The summed E-state index contributed by atoms with van der Waals surface area (Å²) in [7, 11) is 4.77. The van der Waals surface area contributed by atoms with Gasteiger partial charge in [0, 0.05) is 22.6 Å². The van der Waals surface area contributed by atoms with Crippen LogP contribution < -0.4 is 19.5 Å². The maximum absolute atomic E-state index is 13.6. The molecule has 0 saturated heterocycles. The SMILES string of the molecule is COc1cc(C2CC(=O)C3=C(C2)Nc2ncnn2C3c2sccc2C)cc(OC)c1OC. The van der Waals surface area contributed by atoms with Gasteiger partial charge in [-0.3, -0.25) is 4.79 Å². The van der Waals surface area contributed by atoms with E-state index < -0.39 is 0 Å². The first-order valence-corrected chi connectivity index (χ1v) is 11.2. The molecule has 1 N–H and O–H groups in total. The Morgan fingerprint density at radius 1 is 1.12 bits per heavy atom. The van der Waals surface area contributed by atoms with E-state index >= 15 is 0 Å². The molecule has 9 heteroatoms. The number of fused-ring (bicyclic) bond motifs is 1. The van der Waals surface area contributed by atoms with Gasteiger partial charge in [0.05, 0.1) is 21.3 Å². The van der Waals surface area contributed by atoms with Crippen molar-refractivity contribution in [2.45, 2.75) is 31.7 Å². The van der Waals surface area contributed by atoms with Crippen molar-refractivity contribution in [3.8, 4) is 17.2 Å². The number of ether oxygens (including phenoxy) is 3. The number of anilines is 1. The Kier molecular flexibility index (Phi) is 5.13. The topological polar surface area (TPSA) is 87.5 Å². The fourth-order valence-electron chi connectivity index (χ4n) is 4.63. The van der Waals surface area contributed by atoms with Crippen molar-refractivity contribution in [1.29, 1.82) is 0 Å². The normalized spacial score (nSPS) is 19.8. The number of carbonyl (C=O) groups is 1. The molecule has 3 heterocycles. The Morgan fingerprint density at radius 3 is 2.50 bits per heavy atom. The van der Waals surface area contributed by atoms with E-state index in [4.69, 9.17) is 14.2 Å². The Labute approximate surface area is 189 Å². The summed E-state index contributed by atoms with van der Waals surface area (Å²) in [6.07, 6.45) is 2.59. The number of thiophene rings is 1. The fraction of sp³-hybridized carbons (Fsp3) is 0.348. The predicted molar refractivity (Wildman–Crippen MR) is 121 cm³/mol. The van der Waals surface area contributed by atoms with Crippen molar-refractivity contribution in [2.24, 2.45) is 0 Å². The molecule has 2 unspecified atom stereocenters. The minimum atomic E-state index is -0.253. The highest BCUT2D eigenvalue weighted by Gasteiger charge is 2.40. The second-order valence-electron chi connectivity index (χ2n) is 7.90. The molecular weight excluding hydrogens is 428 g/mol. The number of rotatable bonds is 5. The van der Waals surface area contributed by atoms with Crippen LogP contribution in [-0.2, 0) is 4.79 Å². The average molecular weight is 453 g/mol. The Balaban J connectivity index is 1.58. The molecule has 0 spiro atoms. The molecule has 166 valence electrons. The quantitative estimate of drug-likeness (QED) is 0.624. The molecule has 2 aromatic heterocycles. The van der Waals surface area contributed by atoms with E-state index in [-0.39, 0.29) is 17.7 Å². The molecule has 3 aromatic rings. The van der Waals surface area contributed by atoms with Gasteiger partial charge in [0.15, 0.2) is 17.3 Å². The van der Waals surface area contributed by atoms with Gasteiger partial charge in [-0.1, -0.05) is 0 Å². The lowest BCUT2D eigenvalue weighted by Crippen LogP contribution is -2.33. The van der Waals surface area contributed by atoms with Crippen LogP contribution in [0.15, 0.2) is 41.2 Å². The summed E-state index contributed by atoms with van der Waals surface area (Å²) in [4.78, 5) is 19.0. The molecular formula is C23H24N4O4S. The van der Waals surface area contributed by atoms with Crippen LogP contribution in [0.5, 0.6) is 17.2 Å². The lowest BCUT2D eigenvalue weighted by Gasteiger charge is -2.35. The van der Waals surface area contributed by atoms with Gasteiger partial charge in [-0.25, -0.2) is 4.68 Å². The maximum atomic E-state index is 13.6. The number of Topliss-reactive ketones (excluding diaryl/α,β-unsaturated/α-hetero) is 1. The average Bonchev–Trinajstić information content (AvgIpc) is 3.44. The van der Waals surface area contributed by atoms with E-state index in [1.54, 1.807) is 32.7 Å². The number of aromatic nitrogens is 3. The number of hydrogen-bond acceptors (Lipinski definition) is 8. The summed E-state index contributed by atoms with van der Waals surface area (Å²) in [5.41, 5.74) is 3.79. The predicted octanol–water partition coefficient (Wildman–Crippen LogP) is 4.09. The van der Waals surface area contributed by atoms with Crippen LogP contribution in [0.3, 0.4) is 0 Å². The van der Waals surface area contributed by atoms with E-state index in [0.29, 0.717) is 36.0 Å². The third kappa shape index (κ3) is 3.15. The summed E-state index contributed by atoms with van der Waals surface area (Å²) < 4.78 is 18.3. The third-order valence-electron chi connectivity index (χ3n) is 6.17. The van der Waals surface area contributed by atoms with Crippen molar-refractivity contribution < 1.29 is 19.0 Å². The highest BCUT2D eigenvalue weighted by atomic mass is 32.1. The van der Waals surface area contributed by atoms with E-state index in [9.17, 15) is 4.79 Å². The zero-order valence-corrected chi connectivity index (χ0v) is 19.2. The van der Waals surface area contributed by atoms with Gasteiger partial charge in [-0.15, -0.1) is 11.3 Å². The molecule has 5 rings (SSSR count). The van der Waals surface area contributed by atoms with Crippen LogP contribution in [0.4, 0.5) is 5.95 Å². The molecule has 0 bridgehead atoms. The summed E-state index contributed by atoms with van der Waals surface area (Å²) >= 11 is 1.64. The zero-order chi connectivity index (χ0) is 22.4. The second kappa shape index (κ2) is 7.98. The van der Waals surface area contributed by atoms with Crippen LogP contribution in [0.1, 0.15) is 40.8 Å². The summed E-state index contributed by atoms with van der Waals surface area (Å²) in [6, 6.07) is 5.68. The van der Waals surface area contributed by atoms with Crippen molar-refractivity contribution in [1.82, 2.24) is 14.8 Å². The van der Waals surface area contributed by atoms with Crippen LogP contribution in [0, 0.1) is 6.92 Å². The number of ketones is 1. The molecule has 1 aliphatic carbocycles. The molecule has 0 saturated carbocycles.